The van der Waals surface area contributed by atoms with Crippen LogP contribution < -0.4 is 10.1 Å². The van der Waals surface area contributed by atoms with Crippen LogP contribution in [0.25, 0.3) is 0 Å². The zero-order valence-corrected chi connectivity index (χ0v) is 12.1. The van der Waals surface area contributed by atoms with E-state index in [2.05, 4.69) is 5.32 Å². The zero-order chi connectivity index (χ0) is 14.8. The van der Waals surface area contributed by atoms with E-state index in [1.165, 1.54) is 0 Å². The molecule has 1 fully saturated rings. The first-order valence-corrected chi connectivity index (χ1v) is 7.40. The summed E-state index contributed by atoms with van der Waals surface area (Å²) in [6.07, 6.45) is 3.07. The summed E-state index contributed by atoms with van der Waals surface area (Å²) in [6, 6.07) is 5.18. The van der Waals surface area contributed by atoms with Crippen molar-refractivity contribution in [2.75, 3.05) is 11.9 Å². The fourth-order valence-corrected chi connectivity index (χ4v) is 2.69. The molecule has 1 N–H and O–H groups in total. The summed E-state index contributed by atoms with van der Waals surface area (Å²) < 4.78 is 11.0. The highest BCUT2D eigenvalue weighted by Crippen LogP contribution is 2.31. The van der Waals surface area contributed by atoms with Crippen molar-refractivity contribution in [3.8, 4) is 5.75 Å². The molecule has 0 saturated carbocycles. The Hall–Kier alpha value is -1.88. The number of carbonyl (C=O) groups excluding carboxylic acids is 2. The summed E-state index contributed by atoms with van der Waals surface area (Å²) in [7, 11) is 0. The molecule has 21 heavy (non-hydrogen) atoms. The standard InChI is InChI=1S/C16H19NO4/c1-10-16(19)17-13-9-11(4-7-15(13)21-10)14(18)6-5-12-3-2-8-20-12/h4,7,9-10,12H,2-3,5-6,8H2,1H3,(H,17,19). The van der Waals surface area contributed by atoms with Crippen molar-refractivity contribution >= 4 is 17.4 Å². The van der Waals surface area contributed by atoms with Crippen LogP contribution in [0.5, 0.6) is 5.75 Å². The summed E-state index contributed by atoms with van der Waals surface area (Å²) in [5, 5.41) is 2.76. The van der Waals surface area contributed by atoms with Gasteiger partial charge in [0, 0.05) is 18.6 Å². The lowest BCUT2D eigenvalue weighted by atomic mass is 10.0. The zero-order valence-electron chi connectivity index (χ0n) is 12.1. The monoisotopic (exact) mass is 289 g/mol. The number of nitrogens with one attached hydrogen (secondary N) is 1. The van der Waals surface area contributed by atoms with Gasteiger partial charge in [0.25, 0.3) is 5.91 Å². The Bertz CT molecular complexity index is 563. The van der Waals surface area contributed by atoms with Crippen molar-refractivity contribution in [3.63, 3.8) is 0 Å². The highest BCUT2D eigenvalue weighted by Gasteiger charge is 2.24. The molecule has 1 saturated heterocycles. The molecule has 2 heterocycles. The van der Waals surface area contributed by atoms with E-state index in [-0.39, 0.29) is 17.8 Å². The van der Waals surface area contributed by atoms with E-state index in [4.69, 9.17) is 9.47 Å². The molecule has 2 unspecified atom stereocenters. The molecule has 2 atom stereocenters. The fourth-order valence-electron chi connectivity index (χ4n) is 2.69. The van der Waals surface area contributed by atoms with Crippen molar-refractivity contribution in [2.45, 2.75) is 44.8 Å². The molecule has 0 radical (unpaired) electrons. The van der Waals surface area contributed by atoms with Crippen molar-refractivity contribution in [1.29, 1.82) is 0 Å². The van der Waals surface area contributed by atoms with E-state index in [1.807, 2.05) is 0 Å². The minimum absolute atomic E-state index is 0.0705. The van der Waals surface area contributed by atoms with Gasteiger partial charge in [-0.1, -0.05) is 0 Å². The third kappa shape index (κ3) is 3.08. The van der Waals surface area contributed by atoms with Crippen molar-refractivity contribution < 1.29 is 19.1 Å². The highest BCUT2D eigenvalue weighted by molar-refractivity contribution is 6.01. The first-order valence-electron chi connectivity index (χ1n) is 7.40. The molecule has 5 heteroatoms. The maximum Gasteiger partial charge on any atom is 0.265 e. The number of amides is 1. The quantitative estimate of drug-likeness (QED) is 0.865. The van der Waals surface area contributed by atoms with Gasteiger partial charge >= 0.3 is 0 Å². The van der Waals surface area contributed by atoms with Crippen molar-refractivity contribution in [3.05, 3.63) is 23.8 Å². The van der Waals surface area contributed by atoms with Crippen LogP contribution in [-0.4, -0.2) is 30.5 Å². The molecule has 0 spiro atoms. The van der Waals surface area contributed by atoms with E-state index in [9.17, 15) is 9.59 Å². The summed E-state index contributed by atoms with van der Waals surface area (Å²) in [5.41, 5.74) is 1.17. The maximum atomic E-state index is 12.2. The lowest BCUT2D eigenvalue weighted by Gasteiger charge is -2.23. The molecule has 0 aliphatic carbocycles. The number of hydrogen-bond donors (Lipinski definition) is 1. The number of benzene rings is 1. The normalized spacial score (nSPS) is 24.1. The summed E-state index contributed by atoms with van der Waals surface area (Å²) in [5.74, 6) is 0.491. The Morgan fingerprint density at radius 2 is 2.29 bits per heavy atom. The minimum atomic E-state index is -0.501. The highest BCUT2D eigenvalue weighted by atomic mass is 16.5. The van der Waals surface area contributed by atoms with Gasteiger partial charge in [0.2, 0.25) is 0 Å². The summed E-state index contributed by atoms with van der Waals surface area (Å²) in [4.78, 5) is 23.8. The first-order chi connectivity index (χ1) is 10.1. The van der Waals surface area contributed by atoms with Crippen molar-refractivity contribution in [2.24, 2.45) is 0 Å². The van der Waals surface area contributed by atoms with Crippen LogP contribution in [0.3, 0.4) is 0 Å². The largest absolute Gasteiger partial charge is 0.479 e. The lowest BCUT2D eigenvalue weighted by Crippen LogP contribution is -2.34. The Balaban J connectivity index is 1.67. The van der Waals surface area contributed by atoms with E-state index in [0.29, 0.717) is 23.4 Å². The third-order valence-electron chi connectivity index (χ3n) is 3.95. The van der Waals surface area contributed by atoms with Gasteiger partial charge in [-0.25, -0.2) is 0 Å². The van der Waals surface area contributed by atoms with Gasteiger partial charge in [-0.15, -0.1) is 0 Å². The van der Waals surface area contributed by atoms with Crippen LogP contribution in [-0.2, 0) is 9.53 Å². The molecule has 112 valence electrons. The van der Waals surface area contributed by atoms with Gasteiger partial charge in [0.15, 0.2) is 11.9 Å². The lowest BCUT2D eigenvalue weighted by molar-refractivity contribution is -0.122. The van der Waals surface area contributed by atoms with Crippen LogP contribution in [0.4, 0.5) is 5.69 Å². The van der Waals surface area contributed by atoms with E-state index >= 15 is 0 Å². The molecule has 1 aromatic carbocycles. The summed E-state index contributed by atoms with van der Waals surface area (Å²) in [6.45, 7) is 2.50. The van der Waals surface area contributed by atoms with Crippen molar-refractivity contribution in [1.82, 2.24) is 0 Å². The second kappa shape index (κ2) is 5.85. The fraction of sp³-hybridized carbons (Fsp3) is 0.500. The second-order valence-electron chi connectivity index (χ2n) is 5.56. The number of ether oxygens (including phenoxy) is 2. The Morgan fingerprint density at radius 3 is 3.05 bits per heavy atom. The van der Waals surface area contributed by atoms with Gasteiger partial charge in [-0.3, -0.25) is 9.59 Å². The molecular formula is C16H19NO4. The molecule has 0 aromatic heterocycles. The summed E-state index contributed by atoms with van der Waals surface area (Å²) >= 11 is 0. The number of rotatable bonds is 4. The van der Waals surface area contributed by atoms with E-state index < -0.39 is 6.10 Å². The van der Waals surface area contributed by atoms with Gasteiger partial charge in [-0.2, -0.15) is 0 Å². The predicted octanol–water partition coefficient (Wildman–Crippen LogP) is 2.55. The van der Waals surface area contributed by atoms with Gasteiger partial charge in [-0.05, 0) is 44.4 Å². The van der Waals surface area contributed by atoms with E-state index in [1.54, 1.807) is 25.1 Å². The second-order valence-corrected chi connectivity index (χ2v) is 5.56. The number of Topliss-reactive ketones (excluding diaryl/α,β-unsaturated/α-hetero) is 1. The average Bonchev–Trinajstić information content (AvgIpc) is 2.99. The Kier molecular flexibility index (Phi) is 3.92. The number of anilines is 1. The van der Waals surface area contributed by atoms with E-state index in [0.717, 1.165) is 25.9 Å². The predicted molar refractivity (Wildman–Crippen MR) is 77.7 cm³/mol. The molecular weight excluding hydrogens is 270 g/mol. The molecule has 0 bridgehead atoms. The maximum absolute atomic E-state index is 12.2. The number of hydrogen-bond acceptors (Lipinski definition) is 4. The smallest absolute Gasteiger partial charge is 0.265 e. The van der Waals surface area contributed by atoms with Crippen LogP contribution in [0.15, 0.2) is 18.2 Å². The number of ketones is 1. The van der Waals surface area contributed by atoms with Crippen LogP contribution in [0.1, 0.15) is 43.0 Å². The van der Waals surface area contributed by atoms with Gasteiger partial charge in [0.05, 0.1) is 11.8 Å². The molecule has 3 rings (SSSR count). The first kappa shape index (κ1) is 14.1. The third-order valence-corrected chi connectivity index (χ3v) is 3.95. The molecule has 2 aliphatic heterocycles. The number of fused-ring (bicyclic) bond motifs is 1. The molecule has 1 aromatic rings. The topological polar surface area (TPSA) is 64.6 Å². The molecule has 2 aliphatic rings. The van der Waals surface area contributed by atoms with Gasteiger partial charge < -0.3 is 14.8 Å². The minimum Gasteiger partial charge on any atom is -0.479 e. The Labute approximate surface area is 123 Å². The van der Waals surface area contributed by atoms with Crippen LogP contribution in [0.2, 0.25) is 0 Å². The van der Waals surface area contributed by atoms with Crippen LogP contribution in [0, 0.1) is 0 Å². The van der Waals surface area contributed by atoms with Crippen LogP contribution >= 0.6 is 0 Å². The Morgan fingerprint density at radius 1 is 1.43 bits per heavy atom. The number of carbonyl (C=O) groups is 2. The SMILES string of the molecule is CC1Oc2ccc(C(=O)CCC3CCCO3)cc2NC1=O. The molecule has 5 nitrogen and oxygen atoms in total. The molecule has 1 amide bonds. The van der Waals surface area contributed by atoms with Gasteiger partial charge in [0.1, 0.15) is 5.75 Å². The average molecular weight is 289 g/mol.